The van der Waals surface area contributed by atoms with Crippen molar-refractivity contribution in [3.63, 3.8) is 0 Å². The molecule has 0 amide bonds. The highest BCUT2D eigenvalue weighted by molar-refractivity contribution is 5.65. The fourth-order valence-corrected chi connectivity index (χ4v) is 1.93. The first-order valence-corrected chi connectivity index (χ1v) is 7.00. The summed E-state index contributed by atoms with van der Waals surface area (Å²) in [7, 11) is 0. The lowest BCUT2D eigenvalue weighted by Crippen LogP contribution is -2.08. The predicted octanol–water partition coefficient (Wildman–Crippen LogP) is 3.53. The van der Waals surface area contributed by atoms with Gasteiger partial charge in [0, 0.05) is 17.8 Å². The van der Waals surface area contributed by atoms with E-state index < -0.39 is 0 Å². The van der Waals surface area contributed by atoms with E-state index in [0.29, 0.717) is 5.56 Å². The number of anilines is 3. The molecule has 1 aromatic heterocycles. The molecule has 2 rings (SSSR count). The van der Waals surface area contributed by atoms with Crippen LogP contribution in [0, 0.1) is 25.2 Å². The largest absolute Gasteiger partial charge is 0.370 e. The molecule has 0 unspecified atom stereocenters. The van der Waals surface area contributed by atoms with Crippen LogP contribution in [0.4, 0.5) is 17.3 Å². The summed E-state index contributed by atoms with van der Waals surface area (Å²) in [6, 6.07) is 9.41. The summed E-state index contributed by atoms with van der Waals surface area (Å²) in [5.41, 5.74) is 2.52. The van der Waals surface area contributed by atoms with E-state index in [1.165, 1.54) is 0 Å². The van der Waals surface area contributed by atoms with Gasteiger partial charge in [-0.1, -0.05) is 6.92 Å². The third-order valence-electron chi connectivity index (χ3n) is 3.08. The summed E-state index contributed by atoms with van der Waals surface area (Å²) in [6.07, 6.45) is 1.04. The molecule has 0 bridgehead atoms. The van der Waals surface area contributed by atoms with Crippen LogP contribution in [0.3, 0.4) is 0 Å². The molecular formula is C16H19N5. The number of aryl methyl sites for hydroxylation is 1. The first-order valence-electron chi connectivity index (χ1n) is 7.00. The van der Waals surface area contributed by atoms with Gasteiger partial charge in [-0.15, -0.1) is 0 Å². The Kier molecular flexibility index (Phi) is 4.72. The summed E-state index contributed by atoms with van der Waals surface area (Å²) >= 11 is 0. The Hall–Kier alpha value is -2.61. The number of aromatic nitrogens is 2. The van der Waals surface area contributed by atoms with E-state index in [1.54, 1.807) is 12.1 Å². The van der Waals surface area contributed by atoms with Gasteiger partial charge in [0.05, 0.1) is 11.6 Å². The van der Waals surface area contributed by atoms with Crippen molar-refractivity contribution in [2.45, 2.75) is 27.2 Å². The minimum absolute atomic E-state index is 0.640. The third-order valence-corrected chi connectivity index (χ3v) is 3.08. The van der Waals surface area contributed by atoms with Crippen LogP contribution in [-0.4, -0.2) is 16.5 Å². The minimum Gasteiger partial charge on any atom is -0.370 e. The molecule has 0 saturated heterocycles. The van der Waals surface area contributed by atoms with Gasteiger partial charge in [0.25, 0.3) is 0 Å². The second-order valence-electron chi connectivity index (χ2n) is 4.83. The quantitative estimate of drug-likeness (QED) is 0.877. The minimum atomic E-state index is 0.640. The van der Waals surface area contributed by atoms with Crippen molar-refractivity contribution in [2.24, 2.45) is 0 Å². The van der Waals surface area contributed by atoms with Gasteiger partial charge in [-0.05, 0) is 44.5 Å². The highest BCUT2D eigenvalue weighted by Gasteiger charge is 2.09. The van der Waals surface area contributed by atoms with Crippen LogP contribution in [0.2, 0.25) is 0 Å². The fraction of sp³-hybridized carbons (Fsp3) is 0.312. The van der Waals surface area contributed by atoms with E-state index >= 15 is 0 Å². The second kappa shape index (κ2) is 6.71. The Bertz CT molecular complexity index is 656. The molecule has 0 aliphatic carbocycles. The van der Waals surface area contributed by atoms with Gasteiger partial charge in [0.2, 0.25) is 0 Å². The molecule has 2 N–H and O–H groups in total. The number of hydrogen-bond acceptors (Lipinski definition) is 5. The molecule has 0 atom stereocenters. The van der Waals surface area contributed by atoms with Gasteiger partial charge in [-0.3, -0.25) is 0 Å². The number of hydrogen-bond donors (Lipinski definition) is 2. The molecule has 108 valence electrons. The predicted molar refractivity (Wildman–Crippen MR) is 84.7 cm³/mol. The Morgan fingerprint density at radius 2 is 1.76 bits per heavy atom. The van der Waals surface area contributed by atoms with E-state index in [0.717, 1.165) is 41.7 Å². The molecule has 1 aromatic carbocycles. The molecule has 5 heteroatoms. The SMILES string of the molecule is CCCNc1nc(C)nc(Nc2ccc(C#N)cc2)c1C. The van der Waals surface area contributed by atoms with Gasteiger partial charge in [-0.25, -0.2) is 9.97 Å². The van der Waals surface area contributed by atoms with Gasteiger partial charge >= 0.3 is 0 Å². The van der Waals surface area contributed by atoms with E-state index in [-0.39, 0.29) is 0 Å². The van der Waals surface area contributed by atoms with Crippen molar-refractivity contribution < 1.29 is 0 Å². The summed E-state index contributed by atoms with van der Waals surface area (Å²) < 4.78 is 0. The lowest BCUT2D eigenvalue weighted by molar-refractivity contribution is 0.948. The summed E-state index contributed by atoms with van der Waals surface area (Å²) in [5.74, 6) is 2.36. The molecule has 5 nitrogen and oxygen atoms in total. The molecule has 0 radical (unpaired) electrons. The van der Waals surface area contributed by atoms with E-state index in [9.17, 15) is 0 Å². The van der Waals surface area contributed by atoms with Crippen molar-refractivity contribution in [1.29, 1.82) is 5.26 Å². The first kappa shape index (κ1) is 14.8. The number of nitriles is 1. The zero-order valence-corrected chi connectivity index (χ0v) is 12.6. The summed E-state index contributed by atoms with van der Waals surface area (Å²) in [4.78, 5) is 8.89. The van der Waals surface area contributed by atoms with Gasteiger partial charge < -0.3 is 10.6 Å². The lowest BCUT2D eigenvalue weighted by Gasteiger charge is -2.14. The number of nitrogens with one attached hydrogen (secondary N) is 2. The molecule has 0 fully saturated rings. The highest BCUT2D eigenvalue weighted by Crippen LogP contribution is 2.23. The number of rotatable bonds is 5. The molecule has 0 saturated carbocycles. The van der Waals surface area contributed by atoms with E-state index in [2.05, 4.69) is 33.6 Å². The van der Waals surface area contributed by atoms with Crippen LogP contribution in [0.1, 0.15) is 30.3 Å². The maximum Gasteiger partial charge on any atom is 0.139 e. The van der Waals surface area contributed by atoms with Crippen molar-refractivity contribution in [1.82, 2.24) is 9.97 Å². The highest BCUT2D eigenvalue weighted by atomic mass is 15.1. The molecule has 1 heterocycles. The van der Waals surface area contributed by atoms with E-state index in [4.69, 9.17) is 5.26 Å². The number of nitrogens with zero attached hydrogens (tertiary/aromatic N) is 3. The number of benzene rings is 1. The van der Waals surface area contributed by atoms with Crippen LogP contribution < -0.4 is 10.6 Å². The molecule has 0 spiro atoms. The summed E-state index contributed by atoms with van der Waals surface area (Å²) in [6.45, 7) is 6.86. The Balaban J connectivity index is 2.26. The standard InChI is InChI=1S/C16H19N5/c1-4-9-18-15-11(2)16(20-12(3)19-15)21-14-7-5-13(10-17)6-8-14/h5-8H,4,9H2,1-3H3,(H2,18,19,20,21). The molecule has 21 heavy (non-hydrogen) atoms. The van der Waals surface area contributed by atoms with Gasteiger partial charge in [0.15, 0.2) is 0 Å². The van der Waals surface area contributed by atoms with Crippen molar-refractivity contribution in [2.75, 3.05) is 17.2 Å². The van der Waals surface area contributed by atoms with Crippen LogP contribution in [0.25, 0.3) is 0 Å². The summed E-state index contributed by atoms with van der Waals surface area (Å²) in [5, 5.41) is 15.4. The average Bonchev–Trinajstić information content (AvgIpc) is 2.50. The Morgan fingerprint density at radius 1 is 1.10 bits per heavy atom. The zero-order chi connectivity index (χ0) is 15.2. The van der Waals surface area contributed by atoms with Gasteiger partial charge in [-0.2, -0.15) is 5.26 Å². The lowest BCUT2D eigenvalue weighted by atomic mass is 10.2. The Labute approximate surface area is 125 Å². The second-order valence-corrected chi connectivity index (χ2v) is 4.83. The van der Waals surface area contributed by atoms with Crippen LogP contribution in [0.15, 0.2) is 24.3 Å². The Morgan fingerprint density at radius 3 is 2.38 bits per heavy atom. The van der Waals surface area contributed by atoms with Crippen LogP contribution >= 0.6 is 0 Å². The molecule has 2 aromatic rings. The third kappa shape index (κ3) is 3.69. The fourth-order valence-electron chi connectivity index (χ4n) is 1.93. The van der Waals surface area contributed by atoms with E-state index in [1.807, 2.05) is 26.0 Å². The normalized spacial score (nSPS) is 10.0. The zero-order valence-electron chi connectivity index (χ0n) is 12.6. The van der Waals surface area contributed by atoms with Crippen molar-refractivity contribution in [3.8, 4) is 6.07 Å². The molecule has 0 aliphatic heterocycles. The topological polar surface area (TPSA) is 73.6 Å². The maximum atomic E-state index is 8.82. The maximum absolute atomic E-state index is 8.82. The van der Waals surface area contributed by atoms with Crippen LogP contribution in [-0.2, 0) is 0 Å². The average molecular weight is 281 g/mol. The van der Waals surface area contributed by atoms with Gasteiger partial charge in [0.1, 0.15) is 17.5 Å². The smallest absolute Gasteiger partial charge is 0.139 e. The molecular weight excluding hydrogens is 262 g/mol. The molecule has 0 aliphatic rings. The van der Waals surface area contributed by atoms with Crippen LogP contribution in [0.5, 0.6) is 0 Å². The first-order chi connectivity index (χ1) is 10.1. The van der Waals surface area contributed by atoms with Crippen molar-refractivity contribution >= 4 is 17.3 Å². The monoisotopic (exact) mass is 281 g/mol. The van der Waals surface area contributed by atoms with Crippen molar-refractivity contribution in [3.05, 3.63) is 41.2 Å².